The summed E-state index contributed by atoms with van der Waals surface area (Å²) in [6.45, 7) is 2.50. The molecule has 0 spiro atoms. The molecule has 0 unspecified atom stereocenters. The molecule has 5 heteroatoms. The summed E-state index contributed by atoms with van der Waals surface area (Å²) in [7, 11) is 3.68. The molecule has 0 aliphatic carbocycles. The Morgan fingerprint density at radius 3 is 2.83 bits per heavy atom. The van der Waals surface area contributed by atoms with E-state index in [-0.39, 0.29) is 5.82 Å². The van der Waals surface area contributed by atoms with Crippen LogP contribution >= 0.6 is 11.6 Å². The molecule has 0 atom stereocenters. The van der Waals surface area contributed by atoms with Crippen molar-refractivity contribution in [2.24, 2.45) is 7.05 Å². The topological polar surface area (TPSA) is 29.9 Å². The van der Waals surface area contributed by atoms with Crippen molar-refractivity contribution in [1.82, 2.24) is 15.1 Å². The lowest BCUT2D eigenvalue weighted by Gasteiger charge is -2.06. The molecular weight excluding hydrogens is 253 g/mol. The lowest BCUT2D eigenvalue weighted by molar-refractivity contribution is 0.631. The minimum atomic E-state index is -0.284. The highest BCUT2D eigenvalue weighted by Gasteiger charge is 2.17. The van der Waals surface area contributed by atoms with Gasteiger partial charge in [0.25, 0.3) is 0 Å². The van der Waals surface area contributed by atoms with Crippen molar-refractivity contribution >= 4 is 11.6 Å². The average molecular weight is 268 g/mol. The van der Waals surface area contributed by atoms with Crippen molar-refractivity contribution in [2.75, 3.05) is 7.05 Å². The van der Waals surface area contributed by atoms with Crippen LogP contribution in [0.2, 0.25) is 5.02 Å². The quantitative estimate of drug-likeness (QED) is 0.927. The second-order valence-electron chi connectivity index (χ2n) is 4.19. The normalized spacial score (nSPS) is 10.9. The van der Waals surface area contributed by atoms with Gasteiger partial charge < -0.3 is 5.32 Å². The lowest BCUT2D eigenvalue weighted by Crippen LogP contribution is -2.07. The third kappa shape index (κ3) is 2.26. The third-order valence-corrected chi connectivity index (χ3v) is 3.18. The van der Waals surface area contributed by atoms with Gasteiger partial charge in [-0.25, -0.2) is 4.39 Å². The number of nitrogens with zero attached hydrogens (tertiary/aromatic N) is 2. The second kappa shape index (κ2) is 5.08. The summed E-state index contributed by atoms with van der Waals surface area (Å²) in [5.74, 6) is -0.284. The monoisotopic (exact) mass is 267 g/mol. The van der Waals surface area contributed by atoms with Gasteiger partial charge in [0, 0.05) is 35.4 Å². The highest BCUT2D eigenvalue weighted by Crippen LogP contribution is 2.31. The fourth-order valence-electron chi connectivity index (χ4n) is 2.01. The molecule has 1 N–H and O–H groups in total. The van der Waals surface area contributed by atoms with Gasteiger partial charge in [-0.15, -0.1) is 0 Å². The summed E-state index contributed by atoms with van der Waals surface area (Å²) in [4.78, 5) is 0. The van der Waals surface area contributed by atoms with Gasteiger partial charge in [0.05, 0.1) is 5.69 Å². The predicted molar refractivity (Wildman–Crippen MR) is 71.1 cm³/mol. The maximum Gasteiger partial charge on any atom is 0.131 e. The van der Waals surface area contributed by atoms with E-state index in [9.17, 15) is 4.39 Å². The van der Waals surface area contributed by atoms with Crippen LogP contribution in [0.3, 0.4) is 0 Å². The Kier molecular flexibility index (Phi) is 3.68. The van der Waals surface area contributed by atoms with Crippen LogP contribution in [-0.2, 0) is 13.6 Å². The molecule has 0 amide bonds. The summed E-state index contributed by atoms with van der Waals surface area (Å²) in [6, 6.07) is 4.57. The lowest BCUT2D eigenvalue weighted by atomic mass is 10.0. The zero-order chi connectivity index (χ0) is 13.3. The van der Waals surface area contributed by atoms with Crippen LogP contribution in [0.1, 0.15) is 11.4 Å². The molecule has 1 aromatic heterocycles. The second-order valence-corrected chi connectivity index (χ2v) is 4.62. The molecule has 18 heavy (non-hydrogen) atoms. The standard InChI is InChI=1S/C13H15ClFN3/c1-8-13(12(7-16-2)17-18(8)3)10-6-9(14)4-5-11(10)15/h4-6,16H,7H2,1-3H3. The number of hydrogen-bond acceptors (Lipinski definition) is 2. The van der Waals surface area contributed by atoms with Gasteiger partial charge in [0.1, 0.15) is 5.82 Å². The first-order chi connectivity index (χ1) is 8.54. The van der Waals surface area contributed by atoms with E-state index in [1.807, 2.05) is 21.0 Å². The zero-order valence-corrected chi connectivity index (χ0v) is 11.3. The van der Waals surface area contributed by atoms with Crippen LogP contribution in [0.4, 0.5) is 4.39 Å². The first-order valence-electron chi connectivity index (χ1n) is 5.67. The van der Waals surface area contributed by atoms with Crippen LogP contribution in [-0.4, -0.2) is 16.8 Å². The molecule has 0 aliphatic heterocycles. The minimum Gasteiger partial charge on any atom is -0.314 e. The summed E-state index contributed by atoms with van der Waals surface area (Å²) >= 11 is 5.95. The van der Waals surface area contributed by atoms with Crippen molar-refractivity contribution in [3.8, 4) is 11.1 Å². The Morgan fingerprint density at radius 2 is 2.17 bits per heavy atom. The molecule has 2 aromatic rings. The molecule has 1 heterocycles. The van der Waals surface area contributed by atoms with E-state index < -0.39 is 0 Å². The average Bonchev–Trinajstić information content (AvgIpc) is 2.59. The molecule has 2 rings (SSSR count). The highest BCUT2D eigenvalue weighted by atomic mass is 35.5. The van der Waals surface area contributed by atoms with E-state index in [0.29, 0.717) is 17.1 Å². The highest BCUT2D eigenvalue weighted by molar-refractivity contribution is 6.30. The Balaban J connectivity index is 2.65. The molecule has 0 fully saturated rings. The molecule has 96 valence electrons. The Morgan fingerprint density at radius 1 is 1.44 bits per heavy atom. The third-order valence-electron chi connectivity index (χ3n) is 2.95. The van der Waals surface area contributed by atoms with Crippen molar-refractivity contribution in [1.29, 1.82) is 0 Å². The summed E-state index contributed by atoms with van der Waals surface area (Å²) < 4.78 is 15.7. The van der Waals surface area contributed by atoms with Crippen molar-refractivity contribution < 1.29 is 4.39 Å². The molecular formula is C13H15ClFN3. The summed E-state index contributed by atoms with van der Waals surface area (Å²) in [5, 5.41) is 7.95. The van der Waals surface area contributed by atoms with Crippen molar-refractivity contribution in [2.45, 2.75) is 13.5 Å². The Bertz CT molecular complexity index is 578. The molecule has 1 aromatic carbocycles. The number of aryl methyl sites for hydroxylation is 1. The number of aromatic nitrogens is 2. The van der Waals surface area contributed by atoms with Crippen molar-refractivity contribution in [3.05, 3.63) is 40.4 Å². The smallest absolute Gasteiger partial charge is 0.131 e. The number of benzene rings is 1. The van der Waals surface area contributed by atoms with Gasteiger partial charge in [-0.05, 0) is 32.2 Å². The van der Waals surface area contributed by atoms with Gasteiger partial charge in [-0.3, -0.25) is 4.68 Å². The summed E-state index contributed by atoms with van der Waals surface area (Å²) in [6.07, 6.45) is 0. The van der Waals surface area contributed by atoms with E-state index in [1.54, 1.807) is 16.8 Å². The molecule has 0 bridgehead atoms. The van der Waals surface area contributed by atoms with Gasteiger partial charge in [0.15, 0.2) is 0 Å². The first-order valence-corrected chi connectivity index (χ1v) is 6.05. The van der Waals surface area contributed by atoms with E-state index in [1.165, 1.54) is 6.07 Å². The van der Waals surface area contributed by atoms with Crippen LogP contribution in [0.25, 0.3) is 11.1 Å². The van der Waals surface area contributed by atoms with Crippen molar-refractivity contribution in [3.63, 3.8) is 0 Å². The van der Waals surface area contributed by atoms with Gasteiger partial charge in [-0.1, -0.05) is 11.6 Å². The fraction of sp³-hybridized carbons (Fsp3) is 0.308. The number of hydrogen-bond donors (Lipinski definition) is 1. The minimum absolute atomic E-state index is 0.284. The van der Waals surface area contributed by atoms with E-state index >= 15 is 0 Å². The SMILES string of the molecule is CNCc1nn(C)c(C)c1-c1cc(Cl)ccc1F. The Hall–Kier alpha value is -1.39. The van der Waals surface area contributed by atoms with Crippen LogP contribution in [0.15, 0.2) is 18.2 Å². The zero-order valence-electron chi connectivity index (χ0n) is 10.6. The Labute approximate surface area is 111 Å². The number of rotatable bonds is 3. The largest absolute Gasteiger partial charge is 0.314 e. The summed E-state index contributed by atoms with van der Waals surface area (Å²) in [5.41, 5.74) is 3.05. The maximum absolute atomic E-state index is 13.9. The molecule has 0 saturated carbocycles. The number of nitrogens with one attached hydrogen (secondary N) is 1. The van der Waals surface area contributed by atoms with E-state index in [2.05, 4.69) is 10.4 Å². The number of halogens is 2. The molecule has 0 radical (unpaired) electrons. The molecule has 3 nitrogen and oxygen atoms in total. The fourth-order valence-corrected chi connectivity index (χ4v) is 2.18. The van der Waals surface area contributed by atoms with Crippen LogP contribution in [0.5, 0.6) is 0 Å². The van der Waals surface area contributed by atoms with Crippen LogP contribution < -0.4 is 5.32 Å². The maximum atomic E-state index is 13.9. The first kappa shape index (κ1) is 13.1. The predicted octanol–water partition coefficient (Wildman–Crippen LogP) is 2.91. The van der Waals surface area contributed by atoms with E-state index in [0.717, 1.165) is 17.0 Å². The molecule has 0 aliphatic rings. The molecule has 0 saturated heterocycles. The van der Waals surface area contributed by atoms with Gasteiger partial charge in [0.2, 0.25) is 0 Å². The van der Waals surface area contributed by atoms with Crippen LogP contribution in [0, 0.1) is 12.7 Å². The van der Waals surface area contributed by atoms with E-state index in [4.69, 9.17) is 11.6 Å². The van der Waals surface area contributed by atoms with Gasteiger partial charge >= 0.3 is 0 Å². The van der Waals surface area contributed by atoms with Gasteiger partial charge in [-0.2, -0.15) is 5.10 Å².